The molecule has 7 heteroatoms. The molecule has 2 saturated carbocycles. The zero-order valence-electron chi connectivity index (χ0n) is 17.6. The molecule has 1 N–H and O–H groups in total. The van der Waals surface area contributed by atoms with Crippen molar-refractivity contribution in [2.24, 2.45) is 17.8 Å². The Kier molecular flexibility index (Phi) is 5.89. The Morgan fingerprint density at radius 3 is 2.31 bits per heavy atom. The number of anilines is 2. The maximum absolute atomic E-state index is 13.1. The van der Waals surface area contributed by atoms with E-state index in [1.807, 2.05) is 19.0 Å². The SMILES string of the molecule is CN(C)c1ccc(S(=O)(=O)N2CCCCC2)cc1NC(=O)C1CC2CCC(C2)C1. The molecule has 1 saturated heterocycles. The lowest BCUT2D eigenvalue weighted by molar-refractivity contribution is -0.121. The average Bonchev–Trinajstić information content (AvgIpc) is 3.05. The summed E-state index contributed by atoms with van der Waals surface area (Å²) in [4.78, 5) is 15.2. The van der Waals surface area contributed by atoms with Crippen molar-refractivity contribution < 1.29 is 13.2 Å². The van der Waals surface area contributed by atoms with Crippen molar-refractivity contribution in [2.75, 3.05) is 37.4 Å². The number of piperidine rings is 1. The van der Waals surface area contributed by atoms with Crippen LogP contribution in [0.1, 0.15) is 51.4 Å². The fourth-order valence-electron chi connectivity index (χ4n) is 5.38. The summed E-state index contributed by atoms with van der Waals surface area (Å²) in [5, 5.41) is 3.08. The van der Waals surface area contributed by atoms with Crippen molar-refractivity contribution in [3.8, 4) is 0 Å². The highest BCUT2D eigenvalue weighted by atomic mass is 32.2. The summed E-state index contributed by atoms with van der Waals surface area (Å²) >= 11 is 0. The van der Waals surface area contributed by atoms with E-state index in [-0.39, 0.29) is 16.7 Å². The molecule has 3 aliphatic rings. The standard InChI is InChI=1S/C22H33N3O3S/c1-24(2)21-9-8-19(29(27,28)25-10-4-3-5-11-25)15-20(21)23-22(26)18-13-16-6-7-17(12-16)14-18/h8-9,15-18H,3-7,10-14H2,1-2H3,(H,23,26). The molecule has 2 atom stereocenters. The van der Waals surface area contributed by atoms with Crippen LogP contribution in [0.5, 0.6) is 0 Å². The maximum Gasteiger partial charge on any atom is 0.243 e. The molecule has 2 aliphatic carbocycles. The topological polar surface area (TPSA) is 69.7 Å². The average molecular weight is 420 g/mol. The number of amides is 1. The molecule has 1 aromatic carbocycles. The molecule has 1 aromatic rings. The number of fused-ring (bicyclic) bond motifs is 2. The summed E-state index contributed by atoms with van der Waals surface area (Å²) in [5.41, 5.74) is 1.42. The van der Waals surface area contributed by atoms with E-state index in [2.05, 4.69) is 5.32 Å². The molecule has 0 spiro atoms. The lowest BCUT2D eigenvalue weighted by atomic mass is 9.80. The molecule has 0 radical (unpaired) electrons. The van der Waals surface area contributed by atoms with Gasteiger partial charge >= 0.3 is 0 Å². The van der Waals surface area contributed by atoms with Gasteiger partial charge in [-0.3, -0.25) is 4.79 Å². The zero-order chi connectivity index (χ0) is 20.6. The van der Waals surface area contributed by atoms with Crippen molar-refractivity contribution in [1.29, 1.82) is 0 Å². The number of benzene rings is 1. The first-order valence-electron chi connectivity index (χ1n) is 11.0. The van der Waals surface area contributed by atoms with Gasteiger partial charge in [-0.05, 0) is 62.1 Å². The first kappa shape index (κ1) is 20.7. The largest absolute Gasteiger partial charge is 0.376 e. The van der Waals surface area contributed by atoms with Crippen molar-refractivity contribution in [2.45, 2.75) is 56.3 Å². The summed E-state index contributed by atoms with van der Waals surface area (Å²) in [6.07, 6.45) is 8.59. The van der Waals surface area contributed by atoms with Crippen LogP contribution in [-0.4, -0.2) is 45.8 Å². The van der Waals surface area contributed by atoms with Gasteiger partial charge in [0.05, 0.1) is 16.3 Å². The molecule has 2 bridgehead atoms. The van der Waals surface area contributed by atoms with Gasteiger partial charge in [0.2, 0.25) is 15.9 Å². The van der Waals surface area contributed by atoms with Gasteiger partial charge in [0.25, 0.3) is 0 Å². The van der Waals surface area contributed by atoms with Crippen LogP contribution in [0.2, 0.25) is 0 Å². The van der Waals surface area contributed by atoms with Crippen molar-refractivity contribution in [3.05, 3.63) is 18.2 Å². The maximum atomic E-state index is 13.1. The van der Waals surface area contributed by atoms with E-state index in [9.17, 15) is 13.2 Å². The zero-order valence-corrected chi connectivity index (χ0v) is 18.4. The Morgan fingerprint density at radius 1 is 1.03 bits per heavy atom. The minimum atomic E-state index is -3.53. The first-order valence-corrected chi connectivity index (χ1v) is 12.4. The smallest absolute Gasteiger partial charge is 0.243 e. The number of sulfonamides is 1. The molecule has 1 amide bonds. The molecular formula is C22H33N3O3S. The Bertz CT molecular complexity index is 850. The second kappa shape index (κ2) is 8.26. The number of rotatable bonds is 5. The number of hydrogen-bond acceptors (Lipinski definition) is 4. The van der Waals surface area contributed by atoms with Gasteiger partial charge < -0.3 is 10.2 Å². The van der Waals surface area contributed by atoms with E-state index in [1.54, 1.807) is 22.5 Å². The van der Waals surface area contributed by atoms with Crippen LogP contribution in [0, 0.1) is 17.8 Å². The van der Waals surface area contributed by atoms with E-state index in [0.29, 0.717) is 30.6 Å². The quantitative estimate of drug-likeness (QED) is 0.790. The Hall–Kier alpha value is -1.60. The molecule has 2 unspecified atom stereocenters. The number of nitrogens with one attached hydrogen (secondary N) is 1. The molecule has 3 fully saturated rings. The van der Waals surface area contributed by atoms with Crippen molar-refractivity contribution in [3.63, 3.8) is 0 Å². The minimum Gasteiger partial charge on any atom is -0.376 e. The third-order valence-electron chi connectivity index (χ3n) is 6.92. The fraction of sp³-hybridized carbons (Fsp3) is 0.682. The second-order valence-corrected chi connectivity index (χ2v) is 11.2. The summed E-state index contributed by atoms with van der Waals surface area (Å²) in [7, 11) is 0.283. The van der Waals surface area contributed by atoms with Gasteiger partial charge in [-0.2, -0.15) is 4.31 Å². The molecule has 0 aromatic heterocycles. The molecule has 4 rings (SSSR count). The lowest BCUT2D eigenvalue weighted by Crippen LogP contribution is -2.35. The Labute approximate surface area is 174 Å². The normalized spacial score (nSPS) is 27.6. The number of carbonyl (C=O) groups excluding carboxylic acids is 1. The third-order valence-corrected chi connectivity index (χ3v) is 8.81. The fourth-order valence-corrected chi connectivity index (χ4v) is 6.92. The van der Waals surface area contributed by atoms with E-state index in [4.69, 9.17) is 0 Å². The molecule has 160 valence electrons. The Balaban J connectivity index is 1.57. The van der Waals surface area contributed by atoms with Gasteiger partial charge in [0, 0.05) is 33.1 Å². The monoisotopic (exact) mass is 419 g/mol. The van der Waals surface area contributed by atoms with Crippen LogP contribution in [-0.2, 0) is 14.8 Å². The van der Waals surface area contributed by atoms with Crippen LogP contribution in [0.4, 0.5) is 11.4 Å². The third kappa shape index (κ3) is 4.31. The number of carbonyl (C=O) groups is 1. The van der Waals surface area contributed by atoms with Crippen molar-refractivity contribution in [1.82, 2.24) is 4.31 Å². The molecule has 1 aliphatic heterocycles. The second-order valence-electron chi connectivity index (χ2n) is 9.24. The molecule has 6 nitrogen and oxygen atoms in total. The summed E-state index contributed by atoms with van der Waals surface area (Å²) in [6, 6.07) is 5.11. The lowest BCUT2D eigenvalue weighted by Gasteiger charge is -2.28. The summed E-state index contributed by atoms with van der Waals surface area (Å²) in [6.45, 7) is 1.15. The van der Waals surface area contributed by atoms with Crippen molar-refractivity contribution >= 4 is 27.3 Å². The van der Waals surface area contributed by atoms with Crippen LogP contribution < -0.4 is 10.2 Å². The number of nitrogens with zero attached hydrogens (tertiary/aromatic N) is 2. The van der Waals surface area contributed by atoms with E-state index < -0.39 is 10.0 Å². The highest BCUT2D eigenvalue weighted by Gasteiger charge is 2.37. The van der Waals surface area contributed by atoms with E-state index >= 15 is 0 Å². The molecule has 1 heterocycles. The highest BCUT2D eigenvalue weighted by Crippen LogP contribution is 2.45. The van der Waals surface area contributed by atoms with Gasteiger partial charge in [-0.15, -0.1) is 0 Å². The highest BCUT2D eigenvalue weighted by molar-refractivity contribution is 7.89. The van der Waals surface area contributed by atoms with E-state index in [0.717, 1.165) is 37.8 Å². The first-order chi connectivity index (χ1) is 13.8. The van der Waals surface area contributed by atoms with Gasteiger partial charge in [0.15, 0.2) is 0 Å². The van der Waals surface area contributed by atoms with Crippen LogP contribution in [0.25, 0.3) is 0 Å². The van der Waals surface area contributed by atoms with Gasteiger partial charge in [-0.1, -0.05) is 19.3 Å². The van der Waals surface area contributed by atoms with Crippen LogP contribution in [0.3, 0.4) is 0 Å². The molecular weight excluding hydrogens is 386 g/mol. The molecule has 29 heavy (non-hydrogen) atoms. The minimum absolute atomic E-state index is 0.0391. The predicted octanol–water partition coefficient (Wildman–Crippen LogP) is 3.69. The predicted molar refractivity (Wildman–Crippen MR) is 116 cm³/mol. The van der Waals surface area contributed by atoms with Gasteiger partial charge in [0.1, 0.15) is 0 Å². The Morgan fingerprint density at radius 2 is 1.69 bits per heavy atom. The van der Waals surface area contributed by atoms with Gasteiger partial charge in [-0.25, -0.2) is 8.42 Å². The summed E-state index contributed by atoms with van der Waals surface area (Å²) < 4.78 is 27.8. The van der Waals surface area contributed by atoms with Crippen LogP contribution in [0.15, 0.2) is 23.1 Å². The summed E-state index contributed by atoms with van der Waals surface area (Å²) in [5.74, 6) is 1.45. The number of hydrogen-bond donors (Lipinski definition) is 1. The van der Waals surface area contributed by atoms with Crippen LogP contribution >= 0.6 is 0 Å². The van der Waals surface area contributed by atoms with E-state index in [1.165, 1.54) is 19.3 Å².